The summed E-state index contributed by atoms with van der Waals surface area (Å²) in [6.07, 6.45) is 0. The van der Waals surface area contributed by atoms with E-state index >= 15 is 0 Å². The Kier molecular flexibility index (Phi) is 2.40. The Labute approximate surface area is 119 Å². The first kappa shape index (κ1) is 12.1. The maximum atomic E-state index is 12.1. The van der Waals surface area contributed by atoms with Crippen molar-refractivity contribution in [2.24, 2.45) is 0 Å². The number of aliphatic hydroxyl groups excluding tert-OH is 1. The normalized spacial score (nSPS) is 11.7. The Morgan fingerprint density at radius 1 is 1.14 bits per heavy atom. The van der Waals surface area contributed by atoms with Gasteiger partial charge in [-0.3, -0.25) is 15.0 Å². The van der Waals surface area contributed by atoms with Gasteiger partial charge in [0.1, 0.15) is 0 Å². The van der Waals surface area contributed by atoms with E-state index in [1.165, 1.54) is 0 Å². The van der Waals surface area contributed by atoms with Gasteiger partial charge in [-0.05, 0) is 24.6 Å². The zero-order valence-corrected chi connectivity index (χ0v) is 11.4. The number of aliphatic hydroxyl groups is 1. The Morgan fingerprint density at radius 2 is 1.95 bits per heavy atom. The summed E-state index contributed by atoms with van der Waals surface area (Å²) < 4.78 is 0. The molecule has 5 heteroatoms. The number of rotatable bonds is 1. The largest absolute Gasteiger partial charge is 0.390 e. The van der Waals surface area contributed by atoms with Crippen LogP contribution in [0, 0.1) is 6.92 Å². The molecule has 0 aliphatic carbocycles. The van der Waals surface area contributed by atoms with Crippen molar-refractivity contribution in [1.82, 2.24) is 15.2 Å². The van der Waals surface area contributed by atoms with Crippen LogP contribution in [-0.2, 0) is 6.61 Å². The van der Waals surface area contributed by atoms with Crippen molar-refractivity contribution in [2.45, 2.75) is 13.5 Å². The van der Waals surface area contributed by atoms with Crippen molar-refractivity contribution in [1.29, 1.82) is 0 Å². The maximum absolute atomic E-state index is 12.1. The number of benzene rings is 2. The maximum Gasteiger partial charge on any atom is 0.270 e. The molecule has 21 heavy (non-hydrogen) atoms. The van der Waals surface area contributed by atoms with Crippen LogP contribution < -0.4 is 5.56 Å². The first-order chi connectivity index (χ1) is 10.2. The van der Waals surface area contributed by atoms with Crippen LogP contribution in [0.1, 0.15) is 11.3 Å². The smallest absolute Gasteiger partial charge is 0.270 e. The third-order valence-corrected chi connectivity index (χ3v) is 4.01. The summed E-state index contributed by atoms with van der Waals surface area (Å²) in [4.78, 5) is 16.8. The third kappa shape index (κ3) is 1.55. The number of aromatic amines is 2. The quantitative estimate of drug-likeness (QED) is 0.500. The molecule has 0 atom stereocenters. The highest BCUT2D eigenvalue weighted by Gasteiger charge is 2.14. The zero-order chi connectivity index (χ0) is 14.6. The van der Waals surface area contributed by atoms with E-state index in [0.29, 0.717) is 11.1 Å². The molecule has 4 rings (SSSR count). The van der Waals surface area contributed by atoms with Gasteiger partial charge < -0.3 is 5.11 Å². The van der Waals surface area contributed by atoms with E-state index in [-0.39, 0.29) is 12.2 Å². The number of hydrogen-bond acceptors (Lipinski definition) is 3. The summed E-state index contributed by atoms with van der Waals surface area (Å²) in [5, 5.41) is 18.2. The van der Waals surface area contributed by atoms with Crippen LogP contribution in [0.15, 0.2) is 35.1 Å². The van der Waals surface area contributed by atoms with E-state index in [4.69, 9.17) is 0 Å². The molecule has 0 bridgehead atoms. The van der Waals surface area contributed by atoms with Gasteiger partial charge in [-0.15, -0.1) is 0 Å². The molecule has 0 aliphatic heterocycles. The fraction of sp³-hybridized carbons (Fsp3) is 0.125. The number of para-hydroxylation sites is 1. The van der Waals surface area contributed by atoms with Gasteiger partial charge in [0.15, 0.2) is 0 Å². The van der Waals surface area contributed by atoms with Gasteiger partial charge in [0.25, 0.3) is 5.56 Å². The average molecular weight is 279 g/mol. The topological polar surface area (TPSA) is 81.8 Å². The average Bonchev–Trinajstić information content (AvgIpc) is 2.87. The van der Waals surface area contributed by atoms with Crippen LogP contribution in [0.5, 0.6) is 0 Å². The van der Waals surface area contributed by atoms with Gasteiger partial charge in [-0.2, -0.15) is 0 Å². The molecule has 0 radical (unpaired) electrons. The molecule has 5 nitrogen and oxygen atoms in total. The summed E-state index contributed by atoms with van der Waals surface area (Å²) in [6.45, 7) is 1.73. The standard InChI is InChI=1S/C16H13N3O2/c1-8-14-11(13(7-20)18-19-16(14)21)6-10-9-4-2-3-5-12(9)17-15(8)10/h2-6,18,20H,7H2,1H3,(H,19,21). The van der Waals surface area contributed by atoms with E-state index in [0.717, 1.165) is 32.8 Å². The SMILES string of the molecule is Cc1c2nc3ccccc3c2cc2c(CO)[nH][nH]c(=O)c12. The molecule has 0 unspecified atom stereocenters. The summed E-state index contributed by atoms with van der Waals surface area (Å²) >= 11 is 0. The molecule has 0 spiro atoms. The molecule has 0 saturated carbocycles. The van der Waals surface area contributed by atoms with E-state index in [1.54, 1.807) is 0 Å². The summed E-state index contributed by atoms with van der Waals surface area (Å²) in [5.74, 6) is 0. The lowest BCUT2D eigenvalue weighted by atomic mass is 10.0. The van der Waals surface area contributed by atoms with Crippen molar-refractivity contribution >= 4 is 32.6 Å². The van der Waals surface area contributed by atoms with Crippen LogP contribution in [0.2, 0.25) is 0 Å². The molecule has 104 valence electrons. The van der Waals surface area contributed by atoms with Crippen molar-refractivity contribution in [3.8, 4) is 0 Å². The molecule has 3 N–H and O–H groups in total. The van der Waals surface area contributed by atoms with Gasteiger partial charge in [0.05, 0.1) is 28.7 Å². The minimum Gasteiger partial charge on any atom is -0.390 e. The van der Waals surface area contributed by atoms with Gasteiger partial charge >= 0.3 is 0 Å². The molecule has 0 fully saturated rings. The zero-order valence-electron chi connectivity index (χ0n) is 11.4. The lowest BCUT2D eigenvalue weighted by Crippen LogP contribution is -2.12. The summed E-state index contributed by atoms with van der Waals surface area (Å²) in [7, 11) is 0. The van der Waals surface area contributed by atoms with Crippen LogP contribution in [0.25, 0.3) is 32.6 Å². The fourth-order valence-electron chi connectivity index (χ4n) is 2.99. The second-order valence-electron chi connectivity index (χ2n) is 5.17. The number of nitrogens with zero attached hydrogens (tertiary/aromatic N) is 1. The molecule has 0 saturated heterocycles. The number of aryl methyl sites for hydroxylation is 1. The van der Waals surface area contributed by atoms with Crippen molar-refractivity contribution in [3.05, 3.63) is 51.9 Å². The van der Waals surface area contributed by atoms with E-state index in [1.807, 2.05) is 37.3 Å². The predicted molar refractivity (Wildman–Crippen MR) is 82.4 cm³/mol. The Hall–Kier alpha value is -2.66. The number of fused-ring (bicyclic) bond motifs is 4. The lowest BCUT2D eigenvalue weighted by molar-refractivity contribution is 0.277. The molecule has 2 aromatic carbocycles. The highest BCUT2D eigenvalue weighted by atomic mass is 16.3. The second kappa shape index (κ2) is 4.17. The summed E-state index contributed by atoms with van der Waals surface area (Å²) in [5.41, 5.74) is 2.98. The van der Waals surface area contributed by atoms with Gasteiger partial charge in [-0.1, -0.05) is 18.2 Å². The van der Waals surface area contributed by atoms with Crippen LogP contribution in [0.4, 0.5) is 0 Å². The van der Waals surface area contributed by atoms with E-state index in [2.05, 4.69) is 15.2 Å². The first-order valence-electron chi connectivity index (χ1n) is 6.73. The van der Waals surface area contributed by atoms with Gasteiger partial charge in [-0.25, -0.2) is 4.98 Å². The number of H-pyrrole nitrogens is 2. The van der Waals surface area contributed by atoms with Crippen molar-refractivity contribution in [3.63, 3.8) is 0 Å². The van der Waals surface area contributed by atoms with Crippen LogP contribution in [-0.4, -0.2) is 20.3 Å². The highest BCUT2D eigenvalue weighted by molar-refractivity contribution is 6.13. The van der Waals surface area contributed by atoms with E-state index < -0.39 is 0 Å². The van der Waals surface area contributed by atoms with Crippen molar-refractivity contribution < 1.29 is 5.11 Å². The van der Waals surface area contributed by atoms with Crippen molar-refractivity contribution in [2.75, 3.05) is 0 Å². The van der Waals surface area contributed by atoms with Crippen LogP contribution >= 0.6 is 0 Å². The molecular formula is C16H13N3O2. The van der Waals surface area contributed by atoms with Crippen LogP contribution in [0.3, 0.4) is 0 Å². The first-order valence-corrected chi connectivity index (χ1v) is 6.73. The number of nitrogens with one attached hydrogen (secondary N) is 2. The number of aromatic nitrogens is 3. The Morgan fingerprint density at radius 3 is 2.76 bits per heavy atom. The Balaban J connectivity index is 2.34. The van der Waals surface area contributed by atoms with E-state index in [9.17, 15) is 9.90 Å². The molecule has 0 aliphatic rings. The van der Waals surface area contributed by atoms with Gasteiger partial charge in [0, 0.05) is 16.2 Å². The fourth-order valence-corrected chi connectivity index (χ4v) is 2.99. The molecule has 2 heterocycles. The summed E-state index contributed by atoms with van der Waals surface area (Å²) in [6, 6.07) is 9.83. The third-order valence-electron chi connectivity index (χ3n) is 4.01. The second-order valence-corrected chi connectivity index (χ2v) is 5.17. The minimum absolute atomic E-state index is 0.162. The Bertz CT molecular complexity index is 1060. The predicted octanol–water partition coefficient (Wildman–Crippen LogP) is 2.36. The minimum atomic E-state index is -0.200. The lowest BCUT2D eigenvalue weighted by Gasteiger charge is -2.07. The monoisotopic (exact) mass is 279 g/mol. The molecule has 4 aromatic rings. The molecule has 2 aromatic heterocycles. The number of hydrogen-bond donors (Lipinski definition) is 3. The van der Waals surface area contributed by atoms with Gasteiger partial charge in [0.2, 0.25) is 0 Å². The highest BCUT2D eigenvalue weighted by Crippen LogP contribution is 2.32. The molecular weight excluding hydrogens is 266 g/mol. The molecule has 0 amide bonds.